The first-order valence-electron chi connectivity index (χ1n) is 18.1. The van der Waals surface area contributed by atoms with Crippen molar-refractivity contribution in [3.05, 3.63) is 0 Å². The maximum atomic E-state index is 9.26. The largest absolute Gasteiger partial charge is 0.550 e. The highest BCUT2D eigenvalue weighted by molar-refractivity contribution is 5.63. The fourth-order valence-electron chi connectivity index (χ4n) is 5.40. The Balaban J connectivity index is 0. The van der Waals surface area contributed by atoms with Gasteiger partial charge in [-0.2, -0.15) is 0 Å². The van der Waals surface area contributed by atoms with Crippen molar-refractivity contribution < 1.29 is 15.6 Å². The van der Waals surface area contributed by atoms with Crippen molar-refractivity contribution >= 4 is 5.97 Å². The zero-order valence-electron chi connectivity index (χ0n) is 27.5. The predicted octanol–water partition coefficient (Wildman–Crippen LogP) is 10.5. The predicted molar refractivity (Wildman–Crippen MR) is 172 cm³/mol. The van der Waals surface area contributed by atoms with Crippen LogP contribution in [0.5, 0.6) is 0 Å². The van der Waals surface area contributed by atoms with E-state index in [0.717, 1.165) is 6.04 Å². The zero-order chi connectivity index (χ0) is 29.1. The average Bonchev–Trinajstić information content (AvgIpc) is 2.93. The normalized spacial score (nSPS) is 11.1. The highest BCUT2D eigenvalue weighted by atomic mass is 16.4. The van der Waals surface area contributed by atoms with Crippen LogP contribution in [0.3, 0.4) is 0 Å². The van der Waals surface area contributed by atoms with E-state index in [2.05, 4.69) is 19.6 Å². The Kier molecular flexibility index (Phi) is 38.9. The van der Waals surface area contributed by atoms with Gasteiger partial charge in [-0.1, -0.05) is 188 Å². The molecule has 0 amide bonds. The van der Waals surface area contributed by atoms with Gasteiger partial charge in [-0.3, -0.25) is 0 Å². The second kappa shape index (κ2) is 37.4. The number of carbonyl (C=O) groups is 1. The van der Waals surface area contributed by atoms with Crippen LogP contribution in [0.2, 0.25) is 0 Å². The van der Waals surface area contributed by atoms with Gasteiger partial charge < -0.3 is 15.6 Å². The van der Waals surface area contributed by atoms with Crippen molar-refractivity contribution in [1.29, 1.82) is 0 Å². The topological polar surface area (TPSA) is 67.8 Å². The molecule has 0 rings (SSSR count). The van der Waals surface area contributed by atoms with Gasteiger partial charge in [0, 0.05) is 5.97 Å². The minimum atomic E-state index is -0.995. The number of unbranched alkanes of at least 4 members (excludes halogenated alkanes) is 26. The first kappa shape index (κ1) is 40.6. The lowest BCUT2D eigenvalue weighted by Crippen LogP contribution is -2.60. The van der Waals surface area contributed by atoms with Crippen LogP contribution in [0, 0.1) is 0 Å². The molecular formula is C36H75NO2. The number of carbonyl (C=O) groups excluding carboxylic acids is 1. The Hall–Kier alpha value is -0.570. The quantitative estimate of drug-likeness (QED) is 0.0867. The highest BCUT2D eigenvalue weighted by Crippen LogP contribution is 2.16. The average molecular weight is 554 g/mol. The van der Waals surface area contributed by atoms with Gasteiger partial charge in [0.15, 0.2) is 0 Å². The minimum Gasteiger partial charge on any atom is -0.550 e. The molecular weight excluding hydrogens is 478 g/mol. The summed E-state index contributed by atoms with van der Waals surface area (Å²) in [5.41, 5.74) is 4.44. The van der Waals surface area contributed by atoms with E-state index < -0.39 is 5.97 Å². The van der Waals surface area contributed by atoms with E-state index >= 15 is 0 Å². The Labute approximate surface area is 247 Å². The summed E-state index contributed by atoms with van der Waals surface area (Å²) in [6, 6.07) is 0.717. The number of carboxylic acids is 1. The lowest BCUT2D eigenvalue weighted by molar-refractivity contribution is -0.423. The molecule has 0 unspecified atom stereocenters. The molecule has 0 saturated heterocycles. The van der Waals surface area contributed by atoms with Crippen LogP contribution in [0.15, 0.2) is 0 Å². The number of carboxylic acid groups (broad SMARTS) is 1. The molecule has 0 spiro atoms. The number of hydrogen-bond acceptors (Lipinski definition) is 2. The SMILES string of the molecule is CCC(=O)[O-].CCCCCCCCCCCCCCCCC([NH3+])CCCCCCCCCCCCCCCC. The molecule has 0 aliphatic heterocycles. The molecule has 0 aliphatic carbocycles. The molecule has 0 bridgehead atoms. The van der Waals surface area contributed by atoms with Crippen molar-refractivity contribution in [1.82, 2.24) is 0 Å². The summed E-state index contributed by atoms with van der Waals surface area (Å²) in [6.07, 6.45) is 43.7. The third-order valence-electron chi connectivity index (χ3n) is 8.22. The molecule has 0 aromatic carbocycles. The molecule has 0 aromatic rings. The second-order valence-electron chi connectivity index (χ2n) is 12.4. The number of quaternary nitrogens is 1. The highest BCUT2D eigenvalue weighted by Gasteiger charge is 2.05. The molecule has 0 saturated carbocycles. The van der Waals surface area contributed by atoms with E-state index in [4.69, 9.17) is 0 Å². The molecule has 0 fully saturated rings. The van der Waals surface area contributed by atoms with Gasteiger partial charge in [-0.15, -0.1) is 0 Å². The van der Waals surface area contributed by atoms with Crippen molar-refractivity contribution in [2.24, 2.45) is 0 Å². The Morgan fingerprint density at radius 2 is 0.615 bits per heavy atom. The summed E-state index contributed by atoms with van der Waals surface area (Å²) in [4.78, 5) is 9.26. The summed E-state index contributed by atoms with van der Waals surface area (Å²) in [6.45, 7) is 6.15. The van der Waals surface area contributed by atoms with E-state index in [1.54, 1.807) is 0 Å². The van der Waals surface area contributed by atoms with Crippen LogP contribution < -0.4 is 10.8 Å². The lowest BCUT2D eigenvalue weighted by Gasteiger charge is -2.08. The molecule has 39 heavy (non-hydrogen) atoms. The fourth-order valence-corrected chi connectivity index (χ4v) is 5.40. The third kappa shape index (κ3) is 42.0. The summed E-state index contributed by atoms with van der Waals surface area (Å²) >= 11 is 0. The van der Waals surface area contributed by atoms with Gasteiger partial charge in [0.05, 0.1) is 6.04 Å². The number of hydrogen-bond donors (Lipinski definition) is 1. The Bertz CT molecular complexity index is 408. The first-order valence-corrected chi connectivity index (χ1v) is 18.1. The van der Waals surface area contributed by atoms with Gasteiger partial charge in [0.25, 0.3) is 0 Å². The maximum Gasteiger partial charge on any atom is 0.0843 e. The van der Waals surface area contributed by atoms with Crippen LogP contribution in [0.1, 0.15) is 220 Å². The van der Waals surface area contributed by atoms with Gasteiger partial charge in [0.1, 0.15) is 0 Å². The first-order chi connectivity index (χ1) is 19.1. The van der Waals surface area contributed by atoms with Gasteiger partial charge in [-0.05, 0) is 32.1 Å². The molecule has 3 N–H and O–H groups in total. The summed E-state index contributed by atoms with van der Waals surface area (Å²) in [5, 5.41) is 9.26. The summed E-state index contributed by atoms with van der Waals surface area (Å²) in [7, 11) is 0. The third-order valence-corrected chi connectivity index (χ3v) is 8.22. The van der Waals surface area contributed by atoms with Gasteiger partial charge >= 0.3 is 0 Å². The fraction of sp³-hybridized carbons (Fsp3) is 0.972. The standard InChI is InChI=1S/C33H69N.C3H6O2/c1-3-5-7-9-11-13-15-17-19-21-23-25-27-29-31-33(34)32-30-28-26-24-22-20-18-16-14-12-10-8-6-4-2;1-2-3(4)5/h33H,3-32,34H2,1-2H3;2H2,1H3,(H,4,5). The molecule has 3 nitrogen and oxygen atoms in total. The Morgan fingerprint density at radius 1 is 0.436 bits per heavy atom. The number of rotatable bonds is 31. The van der Waals surface area contributed by atoms with Gasteiger partial charge in [-0.25, -0.2) is 0 Å². The molecule has 0 atom stereocenters. The molecule has 3 heteroatoms. The van der Waals surface area contributed by atoms with Crippen molar-refractivity contribution in [2.75, 3.05) is 0 Å². The minimum absolute atomic E-state index is 0.111. The van der Waals surface area contributed by atoms with Crippen LogP contribution >= 0.6 is 0 Å². The maximum absolute atomic E-state index is 9.26. The smallest absolute Gasteiger partial charge is 0.0843 e. The monoisotopic (exact) mass is 554 g/mol. The lowest BCUT2D eigenvalue weighted by atomic mass is 10.00. The van der Waals surface area contributed by atoms with Crippen molar-refractivity contribution in [3.8, 4) is 0 Å². The van der Waals surface area contributed by atoms with E-state index in [-0.39, 0.29) is 6.42 Å². The summed E-state index contributed by atoms with van der Waals surface area (Å²) in [5.74, 6) is -0.995. The molecule has 0 aliphatic rings. The second-order valence-corrected chi connectivity index (χ2v) is 12.4. The zero-order valence-corrected chi connectivity index (χ0v) is 27.5. The number of aliphatic carboxylic acids is 1. The van der Waals surface area contributed by atoms with Crippen molar-refractivity contribution in [3.63, 3.8) is 0 Å². The molecule has 0 radical (unpaired) electrons. The van der Waals surface area contributed by atoms with E-state index in [0.29, 0.717) is 0 Å². The molecule has 0 aromatic heterocycles. The van der Waals surface area contributed by atoms with E-state index in [1.807, 2.05) is 0 Å². The van der Waals surface area contributed by atoms with Crippen LogP contribution in [-0.4, -0.2) is 12.0 Å². The van der Waals surface area contributed by atoms with Crippen molar-refractivity contribution in [2.45, 2.75) is 226 Å². The van der Waals surface area contributed by atoms with E-state index in [9.17, 15) is 9.90 Å². The Morgan fingerprint density at radius 3 is 0.795 bits per heavy atom. The van der Waals surface area contributed by atoms with Crippen LogP contribution in [-0.2, 0) is 4.79 Å². The van der Waals surface area contributed by atoms with Crippen LogP contribution in [0.4, 0.5) is 0 Å². The van der Waals surface area contributed by atoms with Gasteiger partial charge in [0.2, 0.25) is 0 Å². The molecule has 236 valence electrons. The summed E-state index contributed by atoms with van der Waals surface area (Å²) < 4.78 is 0. The molecule has 0 heterocycles. The van der Waals surface area contributed by atoms with Crippen LogP contribution in [0.25, 0.3) is 0 Å². The van der Waals surface area contributed by atoms with E-state index in [1.165, 1.54) is 200 Å².